The monoisotopic (exact) mass is 279 g/mol. The average molecular weight is 279 g/mol. The van der Waals surface area contributed by atoms with Crippen LogP contribution in [0.25, 0.3) is 10.9 Å². The number of fused-ring (bicyclic) bond motifs is 1. The molecular weight excluding hydrogens is 262 g/mol. The number of nitrogen functional groups attached to an aromatic ring is 1. The number of hydrogen-bond donors (Lipinski definition) is 2. The predicted molar refractivity (Wildman–Crippen MR) is 86.6 cm³/mol. The second kappa shape index (κ2) is 4.98. The minimum atomic E-state index is -0.0885. The first-order valence-corrected chi connectivity index (χ1v) is 6.78. The van der Waals surface area contributed by atoms with Crippen LogP contribution >= 0.6 is 0 Å². The molecular formula is C17H17N3O. The van der Waals surface area contributed by atoms with Crippen LogP contribution in [0.3, 0.4) is 0 Å². The van der Waals surface area contributed by atoms with Gasteiger partial charge in [-0.15, -0.1) is 0 Å². The van der Waals surface area contributed by atoms with E-state index in [2.05, 4.69) is 4.98 Å². The first-order chi connectivity index (χ1) is 10.1. The molecule has 0 fully saturated rings. The van der Waals surface area contributed by atoms with E-state index in [1.54, 1.807) is 11.9 Å². The number of rotatable bonds is 2. The molecule has 4 nitrogen and oxygen atoms in total. The molecule has 0 atom stereocenters. The molecule has 0 bridgehead atoms. The predicted octanol–water partition coefficient (Wildman–Crippen LogP) is 3.34. The van der Waals surface area contributed by atoms with E-state index in [1.165, 1.54) is 0 Å². The molecule has 0 aliphatic rings. The van der Waals surface area contributed by atoms with Crippen molar-refractivity contribution in [3.05, 3.63) is 59.8 Å². The van der Waals surface area contributed by atoms with Crippen molar-refractivity contribution in [1.82, 2.24) is 4.98 Å². The van der Waals surface area contributed by atoms with Gasteiger partial charge in [-0.1, -0.05) is 29.8 Å². The molecule has 4 heteroatoms. The molecule has 3 rings (SSSR count). The third-order valence-corrected chi connectivity index (χ3v) is 3.64. The van der Waals surface area contributed by atoms with Crippen LogP contribution in [-0.2, 0) is 0 Å². The molecule has 21 heavy (non-hydrogen) atoms. The first-order valence-electron chi connectivity index (χ1n) is 6.78. The standard InChI is InChI=1S/C17H17N3O/c1-11-6-8-13(9-7-11)20(2)17(21)15-10-12-4-3-5-14(18)16(12)19-15/h3-10,19H,18H2,1-2H3. The van der Waals surface area contributed by atoms with E-state index in [1.807, 2.05) is 55.5 Å². The summed E-state index contributed by atoms with van der Waals surface area (Å²) in [6.07, 6.45) is 0. The van der Waals surface area contributed by atoms with E-state index >= 15 is 0 Å². The maximum Gasteiger partial charge on any atom is 0.274 e. The van der Waals surface area contributed by atoms with Crippen LogP contribution in [0.5, 0.6) is 0 Å². The van der Waals surface area contributed by atoms with Crippen LogP contribution in [0.2, 0.25) is 0 Å². The van der Waals surface area contributed by atoms with Crippen molar-refractivity contribution in [3.8, 4) is 0 Å². The summed E-state index contributed by atoms with van der Waals surface area (Å²) in [5, 5.41) is 0.940. The van der Waals surface area contributed by atoms with Crippen molar-refractivity contribution >= 4 is 28.2 Å². The molecule has 1 amide bonds. The number of benzene rings is 2. The van der Waals surface area contributed by atoms with Gasteiger partial charge in [-0.25, -0.2) is 0 Å². The summed E-state index contributed by atoms with van der Waals surface area (Å²) in [4.78, 5) is 17.3. The van der Waals surface area contributed by atoms with Crippen molar-refractivity contribution in [3.63, 3.8) is 0 Å². The number of amides is 1. The lowest BCUT2D eigenvalue weighted by atomic mass is 10.2. The number of aromatic nitrogens is 1. The number of para-hydroxylation sites is 1. The van der Waals surface area contributed by atoms with Gasteiger partial charge in [0.05, 0.1) is 11.2 Å². The highest BCUT2D eigenvalue weighted by atomic mass is 16.2. The molecule has 0 radical (unpaired) electrons. The Morgan fingerprint density at radius 2 is 1.86 bits per heavy atom. The number of carbonyl (C=O) groups excluding carboxylic acids is 1. The average Bonchev–Trinajstić information content (AvgIpc) is 2.92. The van der Waals surface area contributed by atoms with Gasteiger partial charge < -0.3 is 15.6 Å². The van der Waals surface area contributed by atoms with Crippen molar-refractivity contribution in [1.29, 1.82) is 0 Å². The van der Waals surface area contributed by atoms with Crippen LogP contribution in [-0.4, -0.2) is 17.9 Å². The third-order valence-electron chi connectivity index (χ3n) is 3.64. The maximum absolute atomic E-state index is 12.6. The van der Waals surface area contributed by atoms with Crippen molar-refractivity contribution < 1.29 is 4.79 Å². The molecule has 0 aliphatic heterocycles. The largest absolute Gasteiger partial charge is 0.397 e. The maximum atomic E-state index is 12.6. The van der Waals surface area contributed by atoms with Gasteiger partial charge in [-0.05, 0) is 31.2 Å². The Bertz CT molecular complexity index is 803. The Hall–Kier alpha value is -2.75. The highest BCUT2D eigenvalue weighted by Gasteiger charge is 2.16. The van der Waals surface area contributed by atoms with Crippen LogP contribution in [0, 0.1) is 6.92 Å². The highest BCUT2D eigenvalue weighted by Crippen LogP contribution is 2.23. The van der Waals surface area contributed by atoms with Gasteiger partial charge in [0, 0.05) is 18.1 Å². The molecule has 2 aromatic carbocycles. The van der Waals surface area contributed by atoms with Crippen LogP contribution in [0.15, 0.2) is 48.5 Å². The van der Waals surface area contributed by atoms with E-state index in [4.69, 9.17) is 5.73 Å². The fraction of sp³-hybridized carbons (Fsp3) is 0.118. The lowest BCUT2D eigenvalue weighted by Crippen LogP contribution is -2.26. The Kier molecular flexibility index (Phi) is 3.14. The van der Waals surface area contributed by atoms with Gasteiger partial charge in [0.25, 0.3) is 5.91 Å². The molecule has 1 heterocycles. The molecule has 0 saturated heterocycles. The Morgan fingerprint density at radius 3 is 2.52 bits per heavy atom. The Labute approximate surface area is 123 Å². The minimum Gasteiger partial charge on any atom is -0.397 e. The fourth-order valence-corrected chi connectivity index (χ4v) is 2.36. The number of nitrogens with zero attached hydrogens (tertiary/aromatic N) is 1. The molecule has 3 aromatic rings. The second-order valence-electron chi connectivity index (χ2n) is 5.19. The number of nitrogens with one attached hydrogen (secondary N) is 1. The summed E-state index contributed by atoms with van der Waals surface area (Å²) >= 11 is 0. The lowest BCUT2D eigenvalue weighted by Gasteiger charge is -2.16. The number of H-pyrrole nitrogens is 1. The molecule has 106 valence electrons. The molecule has 0 aliphatic carbocycles. The number of hydrogen-bond acceptors (Lipinski definition) is 2. The molecule has 0 unspecified atom stereocenters. The Morgan fingerprint density at radius 1 is 1.14 bits per heavy atom. The second-order valence-corrected chi connectivity index (χ2v) is 5.19. The summed E-state index contributed by atoms with van der Waals surface area (Å²) in [5.41, 5.74) is 9.92. The van der Waals surface area contributed by atoms with Gasteiger partial charge in [-0.2, -0.15) is 0 Å². The Balaban J connectivity index is 1.96. The van der Waals surface area contributed by atoms with E-state index in [9.17, 15) is 4.79 Å². The summed E-state index contributed by atoms with van der Waals surface area (Å²) in [7, 11) is 1.77. The quantitative estimate of drug-likeness (QED) is 0.707. The van der Waals surface area contributed by atoms with Crippen LogP contribution < -0.4 is 10.6 Å². The molecule has 1 aromatic heterocycles. The summed E-state index contributed by atoms with van der Waals surface area (Å²) in [6, 6.07) is 15.3. The van der Waals surface area contributed by atoms with Crippen molar-refractivity contribution in [2.45, 2.75) is 6.92 Å². The number of carbonyl (C=O) groups is 1. The zero-order valence-electron chi connectivity index (χ0n) is 12.1. The highest BCUT2D eigenvalue weighted by molar-refractivity contribution is 6.08. The molecule has 0 saturated carbocycles. The molecule has 0 spiro atoms. The normalized spacial score (nSPS) is 10.8. The summed E-state index contributed by atoms with van der Waals surface area (Å²) in [5.74, 6) is -0.0885. The van der Waals surface area contributed by atoms with Gasteiger partial charge in [0.15, 0.2) is 0 Å². The van der Waals surface area contributed by atoms with E-state index in [0.717, 1.165) is 22.2 Å². The van der Waals surface area contributed by atoms with E-state index in [-0.39, 0.29) is 5.91 Å². The summed E-state index contributed by atoms with van der Waals surface area (Å²) in [6.45, 7) is 2.02. The fourth-order valence-electron chi connectivity index (χ4n) is 2.36. The van der Waals surface area contributed by atoms with Gasteiger partial charge in [0.2, 0.25) is 0 Å². The van der Waals surface area contributed by atoms with Gasteiger partial charge >= 0.3 is 0 Å². The lowest BCUT2D eigenvalue weighted by molar-refractivity contribution is 0.0989. The number of anilines is 2. The van der Waals surface area contributed by atoms with Gasteiger partial charge in [0.1, 0.15) is 5.69 Å². The van der Waals surface area contributed by atoms with Crippen molar-refractivity contribution in [2.75, 3.05) is 17.7 Å². The number of nitrogens with two attached hydrogens (primary N) is 1. The topological polar surface area (TPSA) is 62.1 Å². The van der Waals surface area contributed by atoms with Crippen molar-refractivity contribution in [2.24, 2.45) is 0 Å². The zero-order chi connectivity index (χ0) is 15.0. The van der Waals surface area contributed by atoms with Gasteiger partial charge in [-0.3, -0.25) is 4.79 Å². The molecule has 3 N–H and O–H groups in total. The van der Waals surface area contributed by atoms with E-state index < -0.39 is 0 Å². The first kappa shape index (κ1) is 13.2. The van der Waals surface area contributed by atoms with E-state index in [0.29, 0.717) is 11.4 Å². The van der Waals surface area contributed by atoms with Crippen LogP contribution in [0.1, 0.15) is 16.1 Å². The summed E-state index contributed by atoms with van der Waals surface area (Å²) < 4.78 is 0. The smallest absolute Gasteiger partial charge is 0.274 e. The zero-order valence-corrected chi connectivity index (χ0v) is 12.1. The third kappa shape index (κ3) is 2.36. The minimum absolute atomic E-state index is 0.0885. The number of aromatic amines is 1. The SMILES string of the molecule is Cc1ccc(N(C)C(=O)c2cc3cccc(N)c3[nH]2)cc1. The van der Waals surface area contributed by atoms with Crippen LogP contribution in [0.4, 0.5) is 11.4 Å². The number of aryl methyl sites for hydroxylation is 1.